The summed E-state index contributed by atoms with van der Waals surface area (Å²) in [6.45, 7) is 2.09. The molecule has 2 amide bonds. The second-order valence-electron chi connectivity index (χ2n) is 3.48. The number of hydrogen-bond acceptors (Lipinski definition) is 3. The highest BCUT2D eigenvalue weighted by Crippen LogP contribution is 2.31. The molecular formula is C12H10FNO2S. The van der Waals surface area contributed by atoms with E-state index in [9.17, 15) is 14.0 Å². The molecule has 1 aliphatic heterocycles. The molecule has 0 saturated carbocycles. The Bertz CT molecular complexity index is 513. The van der Waals surface area contributed by atoms with E-state index in [0.29, 0.717) is 17.0 Å². The van der Waals surface area contributed by atoms with Crippen LogP contribution >= 0.6 is 11.8 Å². The van der Waals surface area contributed by atoms with Gasteiger partial charge in [-0.3, -0.25) is 14.5 Å². The molecule has 1 heterocycles. The zero-order chi connectivity index (χ0) is 12.4. The standard InChI is InChI=1S/C12H10FNO2S/c1-2-14-11(15)10(17-12(14)16)7-8-4-3-5-9(13)6-8/h3-7H,2H2,1H3/b10-7+. The lowest BCUT2D eigenvalue weighted by molar-refractivity contribution is -0.122. The van der Waals surface area contributed by atoms with Crippen LogP contribution in [0.25, 0.3) is 6.08 Å². The summed E-state index contributed by atoms with van der Waals surface area (Å²) in [4.78, 5) is 24.7. The molecule has 0 N–H and O–H groups in total. The lowest BCUT2D eigenvalue weighted by Gasteiger charge is -2.06. The molecule has 88 valence electrons. The van der Waals surface area contributed by atoms with Gasteiger partial charge in [0.15, 0.2) is 0 Å². The minimum absolute atomic E-state index is 0.278. The number of benzene rings is 1. The lowest BCUT2D eigenvalue weighted by Crippen LogP contribution is -2.27. The Kier molecular flexibility index (Phi) is 3.28. The number of amides is 2. The first kappa shape index (κ1) is 11.9. The predicted octanol–water partition coefficient (Wildman–Crippen LogP) is 2.88. The van der Waals surface area contributed by atoms with Crippen LogP contribution in [0.1, 0.15) is 12.5 Å². The molecule has 1 aliphatic rings. The van der Waals surface area contributed by atoms with Crippen molar-refractivity contribution in [3.63, 3.8) is 0 Å². The second kappa shape index (κ2) is 4.71. The summed E-state index contributed by atoms with van der Waals surface area (Å²) in [5.41, 5.74) is 0.576. The van der Waals surface area contributed by atoms with E-state index in [2.05, 4.69) is 0 Å². The molecule has 1 aromatic carbocycles. The number of carbonyl (C=O) groups is 2. The van der Waals surface area contributed by atoms with Crippen molar-refractivity contribution in [1.82, 2.24) is 4.90 Å². The Morgan fingerprint density at radius 2 is 2.18 bits per heavy atom. The van der Waals surface area contributed by atoms with Crippen LogP contribution in [0.4, 0.5) is 9.18 Å². The highest BCUT2D eigenvalue weighted by Gasteiger charge is 2.33. The molecule has 1 aromatic rings. The van der Waals surface area contributed by atoms with Crippen LogP contribution in [0, 0.1) is 5.82 Å². The van der Waals surface area contributed by atoms with Crippen molar-refractivity contribution in [1.29, 1.82) is 0 Å². The molecule has 0 unspecified atom stereocenters. The summed E-state index contributed by atoms with van der Waals surface area (Å²) in [6.07, 6.45) is 1.53. The minimum atomic E-state index is -0.367. The summed E-state index contributed by atoms with van der Waals surface area (Å²) in [6, 6.07) is 5.89. The molecule has 17 heavy (non-hydrogen) atoms. The molecule has 5 heteroatoms. The maximum Gasteiger partial charge on any atom is 0.293 e. The SMILES string of the molecule is CCN1C(=O)S/C(=C/c2cccc(F)c2)C1=O. The summed E-state index contributed by atoms with van der Waals surface area (Å²) in [5.74, 6) is -0.680. The number of thioether (sulfide) groups is 1. The lowest BCUT2D eigenvalue weighted by atomic mass is 10.2. The maximum absolute atomic E-state index is 13.0. The van der Waals surface area contributed by atoms with Crippen molar-refractivity contribution in [3.8, 4) is 0 Å². The number of nitrogens with zero attached hydrogens (tertiary/aromatic N) is 1. The largest absolute Gasteiger partial charge is 0.293 e. The zero-order valence-electron chi connectivity index (χ0n) is 9.14. The van der Waals surface area contributed by atoms with Crippen LogP contribution in [0.3, 0.4) is 0 Å². The van der Waals surface area contributed by atoms with Gasteiger partial charge in [-0.05, 0) is 42.5 Å². The Morgan fingerprint density at radius 1 is 1.41 bits per heavy atom. The van der Waals surface area contributed by atoms with Crippen molar-refractivity contribution in [2.75, 3.05) is 6.54 Å². The summed E-state index contributed by atoms with van der Waals surface area (Å²) >= 11 is 0.883. The number of halogens is 1. The second-order valence-corrected chi connectivity index (χ2v) is 4.47. The third kappa shape index (κ3) is 2.39. The average molecular weight is 251 g/mol. The first-order valence-electron chi connectivity index (χ1n) is 5.12. The molecule has 1 fully saturated rings. The first-order chi connectivity index (χ1) is 8.11. The quantitative estimate of drug-likeness (QED) is 0.758. The van der Waals surface area contributed by atoms with Gasteiger partial charge >= 0.3 is 0 Å². The van der Waals surface area contributed by atoms with Gasteiger partial charge in [0.05, 0.1) is 4.91 Å². The summed E-state index contributed by atoms with van der Waals surface area (Å²) in [7, 11) is 0. The Hall–Kier alpha value is -1.62. The van der Waals surface area contributed by atoms with Crippen LogP contribution in [-0.2, 0) is 4.79 Å². The van der Waals surface area contributed by atoms with Crippen molar-refractivity contribution in [2.24, 2.45) is 0 Å². The van der Waals surface area contributed by atoms with Crippen LogP contribution in [0.15, 0.2) is 29.2 Å². The van der Waals surface area contributed by atoms with E-state index in [4.69, 9.17) is 0 Å². The number of likely N-dealkylation sites (N-methyl/N-ethyl adjacent to an activating group) is 1. The average Bonchev–Trinajstić information content (AvgIpc) is 2.54. The van der Waals surface area contributed by atoms with Crippen molar-refractivity contribution in [3.05, 3.63) is 40.6 Å². The van der Waals surface area contributed by atoms with E-state index in [1.54, 1.807) is 19.1 Å². The van der Waals surface area contributed by atoms with Gasteiger partial charge in [-0.15, -0.1) is 0 Å². The molecule has 0 radical (unpaired) electrons. The van der Waals surface area contributed by atoms with Gasteiger partial charge in [0, 0.05) is 6.54 Å². The molecule has 0 bridgehead atoms. The molecule has 0 atom stereocenters. The fourth-order valence-corrected chi connectivity index (χ4v) is 2.42. The highest BCUT2D eigenvalue weighted by molar-refractivity contribution is 8.18. The van der Waals surface area contributed by atoms with Gasteiger partial charge in [-0.1, -0.05) is 12.1 Å². The highest BCUT2D eigenvalue weighted by atomic mass is 32.2. The number of rotatable bonds is 2. The van der Waals surface area contributed by atoms with Crippen LogP contribution in [0.2, 0.25) is 0 Å². The monoisotopic (exact) mass is 251 g/mol. The van der Waals surface area contributed by atoms with Gasteiger partial charge in [0.2, 0.25) is 0 Å². The molecule has 1 saturated heterocycles. The maximum atomic E-state index is 13.0. The molecule has 0 spiro atoms. The normalized spacial score (nSPS) is 18.2. The Labute approximate surface area is 102 Å². The van der Waals surface area contributed by atoms with E-state index in [0.717, 1.165) is 16.7 Å². The van der Waals surface area contributed by atoms with Gasteiger partial charge in [-0.2, -0.15) is 0 Å². The molecular weight excluding hydrogens is 241 g/mol. The van der Waals surface area contributed by atoms with Crippen LogP contribution in [0.5, 0.6) is 0 Å². The van der Waals surface area contributed by atoms with Crippen molar-refractivity contribution >= 4 is 29.0 Å². The van der Waals surface area contributed by atoms with Crippen molar-refractivity contribution < 1.29 is 14.0 Å². The van der Waals surface area contributed by atoms with E-state index >= 15 is 0 Å². The third-order valence-electron chi connectivity index (χ3n) is 2.34. The first-order valence-corrected chi connectivity index (χ1v) is 5.94. The van der Waals surface area contributed by atoms with Gasteiger partial charge in [0.25, 0.3) is 11.1 Å². The minimum Gasteiger partial charge on any atom is -0.269 e. The van der Waals surface area contributed by atoms with Crippen LogP contribution in [-0.4, -0.2) is 22.6 Å². The molecule has 3 nitrogen and oxygen atoms in total. The fraction of sp³-hybridized carbons (Fsp3) is 0.167. The van der Waals surface area contributed by atoms with Gasteiger partial charge in [0.1, 0.15) is 5.82 Å². The van der Waals surface area contributed by atoms with Gasteiger partial charge in [-0.25, -0.2) is 4.39 Å². The van der Waals surface area contributed by atoms with Crippen molar-refractivity contribution in [2.45, 2.75) is 6.92 Å². The Morgan fingerprint density at radius 3 is 2.76 bits per heavy atom. The van der Waals surface area contributed by atoms with E-state index in [1.165, 1.54) is 18.2 Å². The molecule has 2 rings (SSSR count). The fourth-order valence-electron chi connectivity index (χ4n) is 1.52. The Balaban J connectivity index is 2.30. The molecule has 0 aliphatic carbocycles. The summed E-state index contributed by atoms with van der Waals surface area (Å²) < 4.78 is 13.0. The zero-order valence-corrected chi connectivity index (χ0v) is 9.96. The number of imide groups is 1. The van der Waals surface area contributed by atoms with E-state index in [1.807, 2.05) is 0 Å². The number of carbonyl (C=O) groups excluding carboxylic acids is 2. The number of hydrogen-bond donors (Lipinski definition) is 0. The van der Waals surface area contributed by atoms with Crippen LogP contribution < -0.4 is 0 Å². The predicted molar refractivity (Wildman–Crippen MR) is 64.8 cm³/mol. The third-order valence-corrected chi connectivity index (χ3v) is 3.24. The van der Waals surface area contributed by atoms with Gasteiger partial charge < -0.3 is 0 Å². The smallest absolute Gasteiger partial charge is 0.269 e. The summed E-state index contributed by atoms with van der Waals surface area (Å²) in [5, 5.41) is -0.278. The molecule has 0 aromatic heterocycles. The van der Waals surface area contributed by atoms with E-state index in [-0.39, 0.29) is 17.0 Å². The topological polar surface area (TPSA) is 37.4 Å². The van der Waals surface area contributed by atoms with E-state index < -0.39 is 0 Å².